The number of hydrogen-bond donors (Lipinski definition) is 1. The Bertz CT molecular complexity index is 650. The van der Waals surface area contributed by atoms with Crippen molar-refractivity contribution in [2.75, 3.05) is 5.32 Å². The number of nitro benzene ring substituents is 1. The van der Waals surface area contributed by atoms with E-state index in [1.54, 1.807) is 0 Å². The molecule has 5 nitrogen and oxygen atoms in total. The number of alkyl halides is 2. The van der Waals surface area contributed by atoms with E-state index >= 15 is 0 Å². The van der Waals surface area contributed by atoms with Crippen LogP contribution in [0.2, 0.25) is 0 Å². The molecule has 1 atom stereocenters. The molecular formula is C15H14F2N2O3. The molecule has 0 aliphatic rings. The van der Waals surface area contributed by atoms with Crippen LogP contribution < -0.4 is 10.1 Å². The highest BCUT2D eigenvalue weighted by molar-refractivity contribution is 5.58. The fourth-order valence-electron chi connectivity index (χ4n) is 2.02. The number of rotatable bonds is 6. The van der Waals surface area contributed by atoms with Crippen molar-refractivity contribution in [2.45, 2.75) is 19.6 Å². The fourth-order valence-corrected chi connectivity index (χ4v) is 2.02. The Labute approximate surface area is 125 Å². The molecular weight excluding hydrogens is 294 g/mol. The summed E-state index contributed by atoms with van der Waals surface area (Å²) in [7, 11) is 0. The maximum atomic E-state index is 12.4. The van der Waals surface area contributed by atoms with Crippen LogP contribution in [0.25, 0.3) is 0 Å². The first-order valence-electron chi connectivity index (χ1n) is 6.52. The summed E-state index contributed by atoms with van der Waals surface area (Å²) < 4.78 is 28.9. The standard InChI is InChI=1S/C15H14F2N2O3/c1-10(11-5-3-2-4-6-11)18-12-7-8-13(19(20)21)14(9-12)22-15(16)17/h2-10,15,18H,1H3/t10-/m1/s1. The van der Waals surface area contributed by atoms with Crippen molar-refractivity contribution in [1.29, 1.82) is 0 Å². The first kappa shape index (κ1) is 15.7. The molecule has 2 aromatic carbocycles. The van der Waals surface area contributed by atoms with E-state index in [0.29, 0.717) is 5.69 Å². The summed E-state index contributed by atoms with van der Waals surface area (Å²) in [5, 5.41) is 13.9. The Morgan fingerprint density at radius 1 is 1.18 bits per heavy atom. The van der Waals surface area contributed by atoms with Gasteiger partial charge in [-0.05, 0) is 18.6 Å². The lowest BCUT2D eigenvalue weighted by Gasteiger charge is -2.16. The predicted molar refractivity (Wildman–Crippen MR) is 78.2 cm³/mol. The minimum Gasteiger partial charge on any atom is -0.427 e. The SMILES string of the molecule is C[C@@H](Nc1ccc([N+](=O)[O-])c(OC(F)F)c1)c1ccccc1. The molecule has 0 radical (unpaired) electrons. The Kier molecular flexibility index (Phi) is 4.88. The van der Waals surface area contributed by atoms with E-state index in [-0.39, 0.29) is 6.04 Å². The molecule has 0 fully saturated rings. The normalized spacial score (nSPS) is 12.0. The second-order valence-electron chi connectivity index (χ2n) is 4.59. The van der Waals surface area contributed by atoms with Gasteiger partial charge in [-0.2, -0.15) is 8.78 Å². The molecule has 7 heteroatoms. The minimum absolute atomic E-state index is 0.0953. The van der Waals surface area contributed by atoms with E-state index in [2.05, 4.69) is 10.1 Å². The fraction of sp³-hybridized carbons (Fsp3) is 0.200. The Morgan fingerprint density at radius 2 is 1.86 bits per heavy atom. The molecule has 0 aliphatic carbocycles. The summed E-state index contributed by atoms with van der Waals surface area (Å²) in [6.45, 7) is -1.23. The summed E-state index contributed by atoms with van der Waals surface area (Å²) >= 11 is 0. The van der Waals surface area contributed by atoms with Crippen LogP contribution in [0.3, 0.4) is 0 Å². The molecule has 2 rings (SSSR count). The molecule has 1 N–H and O–H groups in total. The second-order valence-corrected chi connectivity index (χ2v) is 4.59. The van der Waals surface area contributed by atoms with E-state index in [9.17, 15) is 18.9 Å². The number of nitrogens with one attached hydrogen (secondary N) is 1. The highest BCUT2D eigenvalue weighted by atomic mass is 19.3. The maximum Gasteiger partial charge on any atom is 0.387 e. The third kappa shape index (κ3) is 3.91. The molecule has 0 heterocycles. The van der Waals surface area contributed by atoms with Gasteiger partial charge in [0.1, 0.15) is 0 Å². The zero-order chi connectivity index (χ0) is 16.1. The van der Waals surface area contributed by atoms with Crippen molar-refractivity contribution in [3.05, 3.63) is 64.2 Å². The molecule has 0 aromatic heterocycles. The summed E-state index contributed by atoms with van der Waals surface area (Å²) in [5.74, 6) is -0.467. The zero-order valence-corrected chi connectivity index (χ0v) is 11.7. The summed E-state index contributed by atoms with van der Waals surface area (Å²) in [5.41, 5.74) is 0.952. The zero-order valence-electron chi connectivity index (χ0n) is 11.7. The van der Waals surface area contributed by atoms with Gasteiger partial charge in [-0.15, -0.1) is 0 Å². The van der Waals surface area contributed by atoms with Crippen molar-refractivity contribution in [3.8, 4) is 5.75 Å². The third-order valence-corrected chi connectivity index (χ3v) is 3.06. The van der Waals surface area contributed by atoms with Gasteiger partial charge in [0.2, 0.25) is 5.75 Å². The molecule has 116 valence electrons. The van der Waals surface area contributed by atoms with Crippen molar-refractivity contribution < 1.29 is 18.4 Å². The Hall–Kier alpha value is -2.70. The minimum atomic E-state index is -3.12. The number of ether oxygens (including phenoxy) is 1. The first-order chi connectivity index (χ1) is 10.5. The van der Waals surface area contributed by atoms with Crippen LogP contribution in [0.15, 0.2) is 48.5 Å². The van der Waals surface area contributed by atoms with E-state index in [4.69, 9.17) is 0 Å². The number of nitro groups is 1. The molecule has 2 aromatic rings. The molecule has 0 bridgehead atoms. The quantitative estimate of drug-likeness (QED) is 0.635. The largest absolute Gasteiger partial charge is 0.427 e. The first-order valence-corrected chi connectivity index (χ1v) is 6.52. The van der Waals surface area contributed by atoms with Crippen LogP contribution in [-0.4, -0.2) is 11.5 Å². The summed E-state index contributed by atoms with van der Waals surface area (Å²) in [6.07, 6.45) is 0. The predicted octanol–water partition coefficient (Wildman–Crippen LogP) is 4.37. The summed E-state index contributed by atoms with van der Waals surface area (Å²) in [4.78, 5) is 10.1. The smallest absolute Gasteiger partial charge is 0.387 e. The second kappa shape index (κ2) is 6.84. The number of hydrogen-bond acceptors (Lipinski definition) is 4. The van der Waals surface area contributed by atoms with E-state index < -0.39 is 23.0 Å². The van der Waals surface area contributed by atoms with Gasteiger partial charge in [0, 0.05) is 23.9 Å². The van der Waals surface area contributed by atoms with Crippen LogP contribution in [0.4, 0.5) is 20.2 Å². The third-order valence-electron chi connectivity index (χ3n) is 3.06. The van der Waals surface area contributed by atoms with Gasteiger partial charge >= 0.3 is 12.3 Å². The van der Waals surface area contributed by atoms with Crippen LogP contribution in [0.1, 0.15) is 18.5 Å². The monoisotopic (exact) mass is 308 g/mol. The maximum absolute atomic E-state index is 12.4. The molecule has 0 unspecified atom stereocenters. The highest BCUT2D eigenvalue weighted by Crippen LogP contribution is 2.32. The lowest BCUT2D eigenvalue weighted by atomic mass is 10.1. The Balaban J connectivity index is 2.23. The summed E-state index contributed by atoms with van der Waals surface area (Å²) in [6, 6.07) is 13.2. The van der Waals surface area contributed by atoms with Crippen molar-refractivity contribution >= 4 is 11.4 Å². The average Bonchev–Trinajstić information content (AvgIpc) is 2.47. The van der Waals surface area contributed by atoms with Crippen LogP contribution in [0, 0.1) is 10.1 Å². The van der Waals surface area contributed by atoms with E-state index in [1.165, 1.54) is 12.1 Å². The molecule has 0 amide bonds. The number of halogens is 2. The van der Waals surface area contributed by atoms with Crippen molar-refractivity contribution in [1.82, 2.24) is 0 Å². The van der Waals surface area contributed by atoms with Crippen LogP contribution >= 0.6 is 0 Å². The molecule has 0 aliphatic heterocycles. The molecule has 22 heavy (non-hydrogen) atoms. The van der Waals surface area contributed by atoms with Gasteiger partial charge < -0.3 is 10.1 Å². The lowest BCUT2D eigenvalue weighted by molar-refractivity contribution is -0.386. The number of benzene rings is 2. The number of anilines is 1. The topological polar surface area (TPSA) is 64.4 Å². The Morgan fingerprint density at radius 3 is 2.45 bits per heavy atom. The molecule has 0 saturated heterocycles. The van der Waals surface area contributed by atoms with E-state index in [1.807, 2.05) is 37.3 Å². The van der Waals surface area contributed by atoms with Gasteiger partial charge in [-0.1, -0.05) is 30.3 Å². The van der Waals surface area contributed by atoms with Crippen molar-refractivity contribution in [2.24, 2.45) is 0 Å². The molecule has 0 spiro atoms. The van der Waals surface area contributed by atoms with E-state index in [0.717, 1.165) is 11.6 Å². The molecule has 0 saturated carbocycles. The average molecular weight is 308 g/mol. The number of nitrogens with zero attached hydrogens (tertiary/aromatic N) is 1. The van der Waals surface area contributed by atoms with Crippen LogP contribution in [0.5, 0.6) is 5.75 Å². The van der Waals surface area contributed by atoms with Gasteiger partial charge in [-0.3, -0.25) is 10.1 Å². The van der Waals surface area contributed by atoms with Gasteiger partial charge in [0.15, 0.2) is 0 Å². The van der Waals surface area contributed by atoms with Crippen molar-refractivity contribution in [3.63, 3.8) is 0 Å². The van der Waals surface area contributed by atoms with Gasteiger partial charge in [0.25, 0.3) is 0 Å². The van der Waals surface area contributed by atoms with Gasteiger partial charge in [-0.25, -0.2) is 0 Å². The van der Waals surface area contributed by atoms with Crippen LogP contribution in [-0.2, 0) is 0 Å². The van der Waals surface area contributed by atoms with Gasteiger partial charge in [0.05, 0.1) is 4.92 Å². The highest BCUT2D eigenvalue weighted by Gasteiger charge is 2.19. The lowest BCUT2D eigenvalue weighted by Crippen LogP contribution is -2.08.